The molecule has 1 aromatic rings. The summed E-state index contributed by atoms with van der Waals surface area (Å²) in [7, 11) is -3.70. The Morgan fingerprint density at radius 3 is 2.47 bits per heavy atom. The van der Waals surface area contributed by atoms with Crippen LogP contribution >= 0.6 is 11.6 Å². The van der Waals surface area contributed by atoms with Gasteiger partial charge in [-0.3, -0.25) is 0 Å². The number of carbonyl (C=O) groups is 1. The molecule has 1 rings (SSSR count). The lowest BCUT2D eigenvalue weighted by atomic mass is 10.2. The highest BCUT2D eigenvalue weighted by atomic mass is 35.5. The molecule has 0 aromatic heterocycles. The minimum atomic E-state index is -3.70. The quantitative estimate of drug-likeness (QED) is 0.878. The van der Waals surface area contributed by atoms with Crippen molar-refractivity contribution in [2.45, 2.75) is 24.8 Å². The van der Waals surface area contributed by atoms with Crippen molar-refractivity contribution in [2.24, 2.45) is 0 Å². The monoisotopic (exact) mass is 277 g/mol. The van der Waals surface area contributed by atoms with Crippen LogP contribution in [0.4, 0.5) is 0 Å². The molecule has 0 saturated carbocycles. The molecular formula is C10H12ClNO4S. The van der Waals surface area contributed by atoms with E-state index in [1.807, 2.05) is 0 Å². The summed E-state index contributed by atoms with van der Waals surface area (Å²) in [5, 5.41) is 8.84. The average Bonchev–Trinajstić information content (AvgIpc) is 2.15. The first kappa shape index (κ1) is 14.0. The Labute approximate surface area is 104 Å². The maximum Gasteiger partial charge on any atom is 0.337 e. The SMILES string of the molecule is CC(C)NS(=O)(=O)c1ccc(Cl)c(C(=O)O)c1. The minimum absolute atomic E-state index is 0.000923. The molecule has 0 fully saturated rings. The van der Waals surface area contributed by atoms with Crippen LogP contribution in [0.2, 0.25) is 5.02 Å². The molecule has 0 radical (unpaired) electrons. The van der Waals surface area contributed by atoms with Crippen LogP contribution in [-0.4, -0.2) is 25.5 Å². The number of sulfonamides is 1. The van der Waals surface area contributed by atoms with E-state index in [0.717, 1.165) is 6.07 Å². The number of hydrogen-bond donors (Lipinski definition) is 2. The van der Waals surface area contributed by atoms with E-state index < -0.39 is 16.0 Å². The molecule has 5 nitrogen and oxygen atoms in total. The molecule has 0 amide bonds. The van der Waals surface area contributed by atoms with E-state index in [9.17, 15) is 13.2 Å². The summed E-state index contributed by atoms with van der Waals surface area (Å²) in [4.78, 5) is 10.7. The molecule has 2 N–H and O–H groups in total. The summed E-state index contributed by atoms with van der Waals surface area (Å²) in [6.45, 7) is 3.34. The van der Waals surface area contributed by atoms with E-state index in [0.29, 0.717) is 0 Å². The Kier molecular flexibility index (Phi) is 4.13. The molecule has 0 aliphatic carbocycles. The van der Waals surface area contributed by atoms with Crippen molar-refractivity contribution in [1.29, 1.82) is 0 Å². The predicted octanol–water partition coefficient (Wildman–Crippen LogP) is 1.72. The van der Waals surface area contributed by atoms with Gasteiger partial charge in [0, 0.05) is 6.04 Å². The van der Waals surface area contributed by atoms with Gasteiger partial charge in [0.1, 0.15) is 0 Å². The van der Waals surface area contributed by atoms with Gasteiger partial charge < -0.3 is 5.11 Å². The maximum absolute atomic E-state index is 11.8. The molecule has 7 heteroatoms. The Balaban J connectivity index is 3.25. The number of carboxylic acids is 1. The van der Waals surface area contributed by atoms with Crippen LogP contribution in [0, 0.1) is 0 Å². The van der Waals surface area contributed by atoms with Gasteiger partial charge in [-0.2, -0.15) is 0 Å². The number of halogens is 1. The average molecular weight is 278 g/mol. The Morgan fingerprint density at radius 1 is 1.41 bits per heavy atom. The van der Waals surface area contributed by atoms with Gasteiger partial charge >= 0.3 is 5.97 Å². The molecule has 0 aliphatic rings. The molecule has 0 spiro atoms. The molecule has 0 atom stereocenters. The third-order valence-corrected chi connectivity index (χ3v) is 3.86. The molecule has 94 valence electrons. The number of benzene rings is 1. The molecule has 1 aromatic carbocycles. The lowest BCUT2D eigenvalue weighted by Gasteiger charge is -2.10. The van der Waals surface area contributed by atoms with Gasteiger partial charge in [-0.15, -0.1) is 0 Å². The maximum atomic E-state index is 11.8. The second-order valence-corrected chi connectivity index (χ2v) is 5.84. The third-order valence-electron chi connectivity index (χ3n) is 1.87. The number of carboxylic acid groups (broad SMARTS) is 1. The van der Waals surface area contributed by atoms with Crippen LogP contribution in [0.15, 0.2) is 23.1 Å². The zero-order valence-electron chi connectivity index (χ0n) is 9.27. The molecule has 17 heavy (non-hydrogen) atoms. The van der Waals surface area contributed by atoms with E-state index >= 15 is 0 Å². The second-order valence-electron chi connectivity index (χ2n) is 3.72. The van der Waals surface area contributed by atoms with Gasteiger partial charge in [-0.05, 0) is 32.0 Å². The fourth-order valence-electron chi connectivity index (χ4n) is 1.21. The summed E-state index contributed by atoms with van der Waals surface area (Å²) < 4.78 is 25.9. The highest BCUT2D eigenvalue weighted by molar-refractivity contribution is 7.89. The summed E-state index contributed by atoms with van der Waals surface area (Å²) in [5.41, 5.74) is -0.238. The zero-order valence-corrected chi connectivity index (χ0v) is 10.8. The topological polar surface area (TPSA) is 83.5 Å². The van der Waals surface area contributed by atoms with Crippen molar-refractivity contribution in [3.63, 3.8) is 0 Å². The van der Waals surface area contributed by atoms with Gasteiger partial charge in [0.05, 0.1) is 15.5 Å². The van der Waals surface area contributed by atoms with E-state index in [-0.39, 0.29) is 21.5 Å². The Bertz CT molecular complexity index is 539. The van der Waals surface area contributed by atoms with Crippen LogP contribution in [0.25, 0.3) is 0 Å². The zero-order chi connectivity index (χ0) is 13.2. The van der Waals surface area contributed by atoms with Gasteiger partial charge in [0.25, 0.3) is 0 Å². The molecule has 0 unspecified atom stereocenters. The van der Waals surface area contributed by atoms with E-state index in [1.54, 1.807) is 13.8 Å². The standard InChI is InChI=1S/C10H12ClNO4S/c1-6(2)12-17(15,16)7-3-4-9(11)8(5-7)10(13)14/h3-6,12H,1-2H3,(H,13,14). The van der Waals surface area contributed by atoms with Gasteiger partial charge in [0.15, 0.2) is 0 Å². The van der Waals surface area contributed by atoms with Crippen molar-refractivity contribution < 1.29 is 18.3 Å². The number of hydrogen-bond acceptors (Lipinski definition) is 3. The molecule has 0 heterocycles. The van der Waals surface area contributed by atoms with Gasteiger partial charge in [-0.25, -0.2) is 17.9 Å². The molecule has 0 aliphatic heterocycles. The first-order valence-electron chi connectivity index (χ1n) is 4.79. The summed E-state index contributed by atoms with van der Waals surface area (Å²) in [6, 6.07) is 3.28. The highest BCUT2D eigenvalue weighted by Gasteiger charge is 2.18. The largest absolute Gasteiger partial charge is 0.478 e. The minimum Gasteiger partial charge on any atom is -0.478 e. The van der Waals surface area contributed by atoms with Gasteiger partial charge in [0.2, 0.25) is 10.0 Å². The van der Waals surface area contributed by atoms with Crippen LogP contribution in [0.1, 0.15) is 24.2 Å². The summed E-state index contributed by atoms with van der Waals surface area (Å²) in [6.07, 6.45) is 0. The van der Waals surface area contributed by atoms with E-state index in [2.05, 4.69) is 4.72 Å². The van der Waals surface area contributed by atoms with Crippen LogP contribution in [0.3, 0.4) is 0 Å². The van der Waals surface area contributed by atoms with Crippen LogP contribution in [-0.2, 0) is 10.0 Å². The summed E-state index contributed by atoms with van der Waals surface area (Å²) in [5.74, 6) is -1.27. The summed E-state index contributed by atoms with van der Waals surface area (Å²) >= 11 is 5.65. The van der Waals surface area contributed by atoms with Crippen molar-refractivity contribution >= 4 is 27.6 Å². The first-order valence-corrected chi connectivity index (χ1v) is 6.65. The van der Waals surface area contributed by atoms with Crippen molar-refractivity contribution in [2.75, 3.05) is 0 Å². The number of aromatic carboxylic acids is 1. The van der Waals surface area contributed by atoms with Gasteiger partial charge in [-0.1, -0.05) is 11.6 Å². The lowest BCUT2D eigenvalue weighted by Crippen LogP contribution is -2.30. The normalized spacial score (nSPS) is 11.8. The van der Waals surface area contributed by atoms with Crippen LogP contribution in [0.5, 0.6) is 0 Å². The van der Waals surface area contributed by atoms with E-state index in [4.69, 9.17) is 16.7 Å². The molecule has 0 saturated heterocycles. The van der Waals surface area contributed by atoms with Crippen molar-refractivity contribution in [3.8, 4) is 0 Å². The van der Waals surface area contributed by atoms with E-state index in [1.165, 1.54) is 12.1 Å². The smallest absolute Gasteiger partial charge is 0.337 e. The third kappa shape index (κ3) is 3.42. The second kappa shape index (κ2) is 5.03. The highest BCUT2D eigenvalue weighted by Crippen LogP contribution is 2.20. The van der Waals surface area contributed by atoms with Crippen LogP contribution < -0.4 is 4.72 Å². The fraction of sp³-hybridized carbons (Fsp3) is 0.300. The Hall–Kier alpha value is -1.11. The lowest BCUT2D eigenvalue weighted by molar-refractivity contribution is 0.0697. The first-order chi connectivity index (χ1) is 7.74. The Morgan fingerprint density at radius 2 is 2.00 bits per heavy atom. The number of rotatable bonds is 4. The molecular weight excluding hydrogens is 266 g/mol. The fourth-order valence-corrected chi connectivity index (χ4v) is 2.69. The predicted molar refractivity (Wildman–Crippen MR) is 63.9 cm³/mol. The number of nitrogens with one attached hydrogen (secondary N) is 1. The van der Waals surface area contributed by atoms with Crippen molar-refractivity contribution in [1.82, 2.24) is 4.72 Å². The van der Waals surface area contributed by atoms with Crippen molar-refractivity contribution in [3.05, 3.63) is 28.8 Å². The molecule has 0 bridgehead atoms.